The van der Waals surface area contributed by atoms with Crippen molar-refractivity contribution >= 4 is 23.5 Å². The lowest BCUT2D eigenvalue weighted by Crippen LogP contribution is -2.41. The van der Waals surface area contributed by atoms with E-state index < -0.39 is 24.1 Å². The van der Waals surface area contributed by atoms with Crippen LogP contribution in [0.1, 0.15) is 27.7 Å². The van der Waals surface area contributed by atoms with Crippen LogP contribution in [-0.4, -0.2) is 28.4 Å². The summed E-state index contributed by atoms with van der Waals surface area (Å²) in [5, 5.41) is 10.9. The van der Waals surface area contributed by atoms with E-state index >= 15 is 0 Å². The first kappa shape index (κ1) is 17.1. The van der Waals surface area contributed by atoms with Crippen LogP contribution in [0.25, 0.3) is 22.2 Å². The van der Waals surface area contributed by atoms with E-state index in [0.717, 1.165) is 16.4 Å². The van der Waals surface area contributed by atoms with Crippen molar-refractivity contribution in [3.63, 3.8) is 0 Å². The number of rotatable bonds is 2. The molecule has 2 heterocycles. The molecule has 0 amide bonds. The molecule has 0 spiro atoms. The Morgan fingerprint density at radius 2 is 1.69 bits per heavy atom. The molecule has 6 heteroatoms. The number of aromatic nitrogens is 1. The smallest absolute Gasteiger partial charge is 0.494 e. The number of phenolic OH excluding ortho intramolecular Hbond substituents is 1. The molecule has 0 bridgehead atoms. The molecule has 1 aliphatic rings. The molecule has 0 atom stereocenters. The highest BCUT2D eigenvalue weighted by Gasteiger charge is 2.51. The lowest BCUT2D eigenvalue weighted by atomic mass is 9.78. The fraction of sp³-hybridized carbons (Fsp3) is 0.300. The van der Waals surface area contributed by atoms with Crippen LogP contribution in [0.2, 0.25) is 0 Å². The van der Waals surface area contributed by atoms with Gasteiger partial charge >= 0.3 is 7.12 Å². The first-order chi connectivity index (χ1) is 12.2. The van der Waals surface area contributed by atoms with Gasteiger partial charge in [0, 0.05) is 5.52 Å². The zero-order chi connectivity index (χ0) is 18.7. The minimum absolute atomic E-state index is 0.0947. The van der Waals surface area contributed by atoms with Gasteiger partial charge in [0.25, 0.3) is 0 Å². The summed E-state index contributed by atoms with van der Waals surface area (Å²) in [5.41, 5.74) is 1.63. The first-order valence-corrected chi connectivity index (χ1v) is 8.64. The Hall–Kier alpha value is -2.31. The highest BCUT2D eigenvalue weighted by molar-refractivity contribution is 6.62. The Kier molecular flexibility index (Phi) is 3.69. The van der Waals surface area contributed by atoms with Gasteiger partial charge in [-0.15, -0.1) is 0 Å². The van der Waals surface area contributed by atoms with Crippen LogP contribution in [0.4, 0.5) is 4.39 Å². The minimum Gasteiger partial charge on any atom is -0.507 e. The van der Waals surface area contributed by atoms with Gasteiger partial charge in [0.1, 0.15) is 11.6 Å². The number of H-pyrrole nitrogens is 1. The highest BCUT2D eigenvalue weighted by Crippen LogP contribution is 2.37. The summed E-state index contributed by atoms with van der Waals surface area (Å²) in [6.07, 6.45) is 0. The number of aromatic hydroxyl groups is 1. The van der Waals surface area contributed by atoms with Crippen LogP contribution in [0, 0.1) is 5.82 Å². The maximum absolute atomic E-state index is 14.1. The molecule has 4 rings (SSSR count). The normalized spacial score (nSPS) is 18.6. The van der Waals surface area contributed by atoms with E-state index in [1.165, 1.54) is 18.2 Å². The third kappa shape index (κ3) is 2.61. The molecule has 134 valence electrons. The van der Waals surface area contributed by atoms with Crippen molar-refractivity contribution in [1.82, 2.24) is 4.98 Å². The van der Waals surface area contributed by atoms with Gasteiger partial charge < -0.3 is 19.4 Å². The molecule has 0 aliphatic carbocycles. The summed E-state index contributed by atoms with van der Waals surface area (Å²) >= 11 is 0. The summed E-state index contributed by atoms with van der Waals surface area (Å²) in [5.74, 6) is -0.564. The molecule has 0 radical (unpaired) electrons. The predicted octanol–water partition coefficient (Wildman–Crippen LogP) is 3.98. The van der Waals surface area contributed by atoms with Crippen LogP contribution >= 0.6 is 0 Å². The third-order valence-corrected chi connectivity index (χ3v) is 5.43. The van der Waals surface area contributed by atoms with Gasteiger partial charge in [0.05, 0.1) is 22.5 Å². The predicted molar refractivity (Wildman–Crippen MR) is 101 cm³/mol. The second kappa shape index (κ2) is 5.59. The monoisotopic (exact) mass is 353 g/mol. The maximum atomic E-state index is 14.1. The van der Waals surface area contributed by atoms with Crippen molar-refractivity contribution in [2.45, 2.75) is 38.9 Å². The Bertz CT molecular complexity index is 960. The average Bonchev–Trinajstić information content (AvgIpc) is 3.04. The molecule has 1 aromatic heterocycles. The zero-order valence-electron chi connectivity index (χ0n) is 15.3. The molecule has 26 heavy (non-hydrogen) atoms. The SMILES string of the molecule is CC1(C)OB(c2ccc3[nH]c(-c4c(O)cccc4F)cc3c2)OC1(C)C. The maximum Gasteiger partial charge on any atom is 0.494 e. The summed E-state index contributed by atoms with van der Waals surface area (Å²) in [6, 6.07) is 11.9. The van der Waals surface area contributed by atoms with E-state index in [2.05, 4.69) is 4.98 Å². The molecule has 3 aromatic rings. The van der Waals surface area contributed by atoms with Crippen LogP contribution < -0.4 is 5.46 Å². The Morgan fingerprint density at radius 1 is 1.00 bits per heavy atom. The molecular formula is C20H21BFNO3. The number of benzene rings is 2. The largest absolute Gasteiger partial charge is 0.507 e. The van der Waals surface area contributed by atoms with Crippen LogP contribution in [0.3, 0.4) is 0 Å². The van der Waals surface area contributed by atoms with Crippen molar-refractivity contribution < 1.29 is 18.8 Å². The first-order valence-electron chi connectivity index (χ1n) is 8.64. The molecule has 2 aromatic carbocycles. The molecule has 0 saturated carbocycles. The Morgan fingerprint density at radius 3 is 2.35 bits per heavy atom. The number of phenols is 1. The van der Waals surface area contributed by atoms with Crippen LogP contribution in [-0.2, 0) is 9.31 Å². The topological polar surface area (TPSA) is 54.5 Å². The van der Waals surface area contributed by atoms with Gasteiger partial charge in [-0.05, 0) is 62.8 Å². The highest BCUT2D eigenvalue weighted by atomic mass is 19.1. The van der Waals surface area contributed by atoms with Gasteiger partial charge in [0.15, 0.2) is 0 Å². The second-order valence-electron chi connectivity index (χ2n) is 7.75. The van der Waals surface area contributed by atoms with E-state index in [-0.39, 0.29) is 11.3 Å². The van der Waals surface area contributed by atoms with Crippen LogP contribution in [0.5, 0.6) is 5.75 Å². The van der Waals surface area contributed by atoms with Gasteiger partial charge in [-0.25, -0.2) is 4.39 Å². The summed E-state index contributed by atoms with van der Waals surface area (Å²) in [6.45, 7) is 8.06. The standard InChI is InChI=1S/C20H21BFNO3/c1-19(2)20(3,4)26-21(25-19)13-8-9-15-12(10-13)11-16(23-15)18-14(22)6-5-7-17(18)24/h5-11,23-24H,1-4H3. The van der Waals surface area contributed by atoms with Gasteiger partial charge in [-0.2, -0.15) is 0 Å². The Labute approximate surface area is 152 Å². The number of nitrogens with one attached hydrogen (secondary N) is 1. The summed E-state index contributed by atoms with van der Waals surface area (Å²) in [7, 11) is -0.454. The van der Waals surface area contributed by atoms with Crippen molar-refractivity contribution in [3.8, 4) is 17.0 Å². The summed E-state index contributed by atoms with van der Waals surface area (Å²) < 4.78 is 26.3. The van der Waals surface area contributed by atoms with Crippen molar-refractivity contribution in [2.75, 3.05) is 0 Å². The van der Waals surface area contributed by atoms with E-state index in [1.54, 1.807) is 0 Å². The van der Waals surface area contributed by atoms with Gasteiger partial charge in [-0.3, -0.25) is 0 Å². The average molecular weight is 353 g/mol. The minimum atomic E-state index is -0.470. The molecule has 4 nitrogen and oxygen atoms in total. The van der Waals surface area contributed by atoms with E-state index in [1.807, 2.05) is 52.0 Å². The van der Waals surface area contributed by atoms with Crippen molar-refractivity contribution in [1.29, 1.82) is 0 Å². The quantitative estimate of drug-likeness (QED) is 0.686. The van der Waals surface area contributed by atoms with Gasteiger partial charge in [-0.1, -0.05) is 18.2 Å². The third-order valence-electron chi connectivity index (χ3n) is 5.43. The Balaban J connectivity index is 1.74. The zero-order valence-corrected chi connectivity index (χ0v) is 15.3. The molecule has 2 N–H and O–H groups in total. The van der Waals surface area contributed by atoms with E-state index in [0.29, 0.717) is 5.69 Å². The lowest BCUT2D eigenvalue weighted by molar-refractivity contribution is 0.00578. The number of hydrogen-bond donors (Lipinski definition) is 2. The van der Waals surface area contributed by atoms with E-state index in [4.69, 9.17) is 9.31 Å². The van der Waals surface area contributed by atoms with E-state index in [9.17, 15) is 9.50 Å². The molecule has 1 saturated heterocycles. The summed E-state index contributed by atoms with van der Waals surface area (Å²) in [4.78, 5) is 3.16. The molecule has 1 aliphatic heterocycles. The fourth-order valence-electron chi connectivity index (χ4n) is 3.19. The number of hydrogen-bond acceptors (Lipinski definition) is 3. The van der Waals surface area contributed by atoms with Crippen molar-refractivity contribution in [3.05, 3.63) is 48.3 Å². The lowest BCUT2D eigenvalue weighted by Gasteiger charge is -2.32. The number of halogens is 1. The fourth-order valence-corrected chi connectivity index (χ4v) is 3.19. The molecule has 0 unspecified atom stereocenters. The number of fused-ring (bicyclic) bond motifs is 1. The molecule has 1 fully saturated rings. The number of aromatic amines is 1. The van der Waals surface area contributed by atoms with Gasteiger partial charge in [0.2, 0.25) is 0 Å². The van der Waals surface area contributed by atoms with Crippen LogP contribution in [0.15, 0.2) is 42.5 Å². The second-order valence-corrected chi connectivity index (χ2v) is 7.75. The van der Waals surface area contributed by atoms with Crippen molar-refractivity contribution in [2.24, 2.45) is 0 Å². The molecular weight excluding hydrogens is 332 g/mol.